The van der Waals surface area contributed by atoms with Gasteiger partial charge in [0.25, 0.3) is 0 Å². The Balaban J connectivity index is 2.20. The predicted molar refractivity (Wildman–Crippen MR) is 81.1 cm³/mol. The number of hydrogen-bond acceptors (Lipinski definition) is 2. The maximum Gasteiger partial charge on any atom is 0.326 e. The van der Waals surface area contributed by atoms with E-state index in [9.17, 15) is 14.7 Å². The molecule has 1 aliphatic heterocycles. The first-order valence-electron chi connectivity index (χ1n) is 8.12. The summed E-state index contributed by atoms with van der Waals surface area (Å²) in [5, 5.41) is 9.50. The lowest BCUT2D eigenvalue weighted by Gasteiger charge is -2.38. The summed E-state index contributed by atoms with van der Waals surface area (Å²) >= 11 is 0. The number of nitrogens with zero attached hydrogens (tertiary/aromatic N) is 2. The van der Waals surface area contributed by atoms with E-state index in [-0.39, 0.29) is 18.1 Å². The average molecular weight is 296 g/mol. The average Bonchev–Trinajstić information content (AvgIpc) is 2.84. The molecule has 1 saturated carbocycles. The molecule has 0 bridgehead atoms. The normalized spacial score (nSPS) is 30.1. The summed E-state index contributed by atoms with van der Waals surface area (Å²) in [6.45, 7) is 6.18. The number of urea groups is 1. The Bertz CT molecular complexity index is 410. The van der Waals surface area contributed by atoms with Gasteiger partial charge in [-0.15, -0.1) is 0 Å². The van der Waals surface area contributed by atoms with Gasteiger partial charge in [0, 0.05) is 19.1 Å². The second-order valence-electron chi connectivity index (χ2n) is 6.99. The molecule has 0 radical (unpaired) electrons. The first kappa shape index (κ1) is 16.1. The van der Waals surface area contributed by atoms with E-state index in [4.69, 9.17) is 0 Å². The molecule has 120 valence electrons. The standard InChI is InChI=1S/C16H28N2O3/c1-10(2)11(3)17(4)16(21)18-13-8-6-5-7-12(13)9-14(18)15(19)20/h10-14H,5-9H2,1-4H3,(H,19,20). The molecule has 2 fully saturated rings. The van der Waals surface area contributed by atoms with Crippen molar-refractivity contribution >= 4 is 12.0 Å². The van der Waals surface area contributed by atoms with Crippen LogP contribution in [0.25, 0.3) is 0 Å². The van der Waals surface area contributed by atoms with Gasteiger partial charge in [0.1, 0.15) is 6.04 Å². The van der Waals surface area contributed by atoms with Crippen molar-refractivity contribution < 1.29 is 14.7 Å². The van der Waals surface area contributed by atoms with Gasteiger partial charge < -0.3 is 14.9 Å². The van der Waals surface area contributed by atoms with Gasteiger partial charge in [-0.2, -0.15) is 0 Å². The summed E-state index contributed by atoms with van der Waals surface area (Å²) in [4.78, 5) is 27.8. The molecule has 2 amide bonds. The minimum absolute atomic E-state index is 0.106. The van der Waals surface area contributed by atoms with Crippen molar-refractivity contribution in [3.8, 4) is 0 Å². The van der Waals surface area contributed by atoms with Crippen LogP contribution in [0.2, 0.25) is 0 Å². The van der Waals surface area contributed by atoms with Crippen LogP contribution >= 0.6 is 0 Å². The van der Waals surface area contributed by atoms with Gasteiger partial charge in [-0.3, -0.25) is 0 Å². The van der Waals surface area contributed by atoms with Gasteiger partial charge >= 0.3 is 12.0 Å². The van der Waals surface area contributed by atoms with Crippen LogP contribution in [0.15, 0.2) is 0 Å². The van der Waals surface area contributed by atoms with Gasteiger partial charge in [0.2, 0.25) is 0 Å². The van der Waals surface area contributed by atoms with Crippen molar-refractivity contribution in [2.75, 3.05) is 7.05 Å². The van der Waals surface area contributed by atoms with E-state index in [2.05, 4.69) is 13.8 Å². The first-order chi connectivity index (χ1) is 9.84. The topological polar surface area (TPSA) is 60.9 Å². The second-order valence-corrected chi connectivity index (χ2v) is 6.99. The molecule has 0 spiro atoms. The zero-order valence-corrected chi connectivity index (χ0v) is 13.6. The number of hydrogen-bond donors (Lipinski definition) is 1. The molecule has 2 aliphatic rings. The third kappa shape index (κ3) is 3.01. The molecule has 0 aromatic carbocycles. The number of likely N-dealkylation sites (tertiary alicyclic amines) is 1. The van der Waals surface area contributed by atoms with E-state index in [1.807, 2.05) is 6.92 Å². The number of aliphatic carboxylic acids is 1. The van der Waals surface area contributed by atoms with Crippen molar-refractivity contribution in [3.05, 3.63) is 0 Å². The van der Waals surface area contributed by atoms with E-state index in [1.54, 1.807) is 16.8 Å². The summed E-state index contributed by atoms with van der Waals surface area (Å²) in [5.41, 5.74) is 0. The van der Waals surface area contributed by atoms with Crippen LogP contribution < -0.4 is 0 Å². The van der Waals surface area contributed by atoms with Gasteiger partial charge in [-0.25, -0.2) is 9.59 Å². The van der Waals surface area contributed by atoms with Gasteiger partial charge in [-0.05, 0) is 38.0 Å². The lowest BCUT2D eigenvalue weighted by Crippen LogP contribution is -2.53. The molecule has 21 heavy (non-hydrogen) atoms. The number of carbonyl (C=O) groups is 2. The molecule has 0 aromatic heterocycles. The Morgan fingerprint density at radius 2 is 1.81 bits per heavy atom. The van der Waals surface area contributed by atoms with E-state index in [1.165, 1.54) is 0 Å². The fourth-order valence-corrected chi connectivity index (χ4v) is 3.76. The Morgan fingerprint density at radius 3 is 2.38 bits per heavy atom. The van der Waals surface area contributed by atoms with E-state index in [0.717, 1.165) is 25.7 Å². The van der Waals surface area contributed by atoms with Crippen molar-refractivity contribution in [1.82, 2.24) is 9.80 Å². The highest BCUT2D eigenvalue weighted by atomic mass is 16.4. The van der Waals surface area contributed by atoms with Crippen molar-refractivity contribution in [2.45, 2.75) is 71.0 Å². The molecule has 4 unspecified atom stereocenters. The van der Waals surface area contributed by atoms with Crippen molar-refractivity contribution in [1.29, 1.82) is 0 Å². The van der Waals surface area contributed by atoms with Gasteiger partial charge in [0.05, 0.1) is 0 Å². The quantitative estimate of drug-likeness (QED) is 0.871. The smallest absolute Gasteiger partial charge is 0.326 e. The van der Waals surface area contributed by atoms with Crippen LogP contribution in [0.1, 0.15) is 52.9 Å². The van der Waals surface area contributed by atoms with E-state index in [0.29, 0.717) is 18.3 Å². The van der Waals surface area contributed by atoms with Crippen molar-refractivity contribution in [2.24, 2.45) is 11.8 Å². The Hall–Kier alpha value is -1.26. The highest BCUT2D eigenvalue weighted by Gasteiger charge is 2.48. The molecule has 5 heteroatoms. The molecule has 1 N–H and O–H groups in total. The van der Waals surface area contributed by atoms with Crippen LogP contribution in [-0.4, -0.2) is 52.1 Å². The van der Waals surface area contributed by atoms with Gasteiger partial charge in [-0.1, -0.05) is 26.7 Å². The number of amides is 2. The van der Waals surface area contributed by atoms with Gasteiger partial charge in [0.15, 0.2) is 0 Å². The maximum atomic E-state index is 12.8. The highest BCUT2D eigenvalue weighted by molar-refractivity contribution is 5.84. The molecule has 5 nitrogen and oxygen atoms in total. The summed E-state index contributed by atoms with van der Waals surface area (Å²) < 4.78 is 0. The number of carbonyl (C=O) groups excluding carboxylic acids is 1. The number of carboxylic acid groups (broad SMARTS) is 1. The Morgan fingerprint density at radius 1 is 1.19 bits per heavy atom. The third-order valence-corrected chi connectivity index (χ3v) is 5.47. The van der Waals surface area contributed by atoms with E-state index >= 15 is 0 Å². The number of rotatable bonds is 3. The number of carboxylic acids is 1. The molecule has 2 rings (SSSR count). The Labute approximate surface area is 127 Å². The second kappa shape index (κ2) is 6.24. The van der Waals surface area contributed by atoms with E-state index < -0.39 is 12.0 Å². The summed E-state index contributed by atoms with van der Waals surface area (Å²) in [7, 11) is 1.79. The summed E-state index contributed by atoms with van der Waals surface area (Å²) in [6, 6.07) is -0.533. The molecule has 1 saturated heterocycles. The summed E-state index contributed by atoms with van der Waals surface area (Å²) in [5.74, 6) is -0.137. The molecular formula is C16H28N2O3. The van der Waals surface area contributed by atoms with Crippen LogP contribution in [0.5, 0.6) is 0 Å². The molecule has 1 heterocycles. The fourth-order valence-electron chi connectivity index (χ4n) is 3.76. The van der Waals surface area contributed by atoms with Crippen molar-refractivity contribution in [3.63, 3.8) is 0 Å². The predicted octanol–water partition coefficient (Wildman–Crippen LogP) is 2.80. The molecule has 4 atom stereocenters. The van der Waals surface area contributed by atoms with Crippen LogP contribution in [0, 0.1) is 11.8 Å². The number of fused-ring (bicyclic) bond motifs is 1. The largest absolute Gasteiger partial charge is 0.480 e. The molecule has 1 aliphatic carbocycles. The fraction of sp³-hybridized carbons (Fsp3) is 0.875. The minimum Gasteiger partial charge on any atom is -0.480 e. The molecule has 0 aromatic rings. The zero-order chi connectivity index (χ0) is 15.7. The minimum atomic E-state index is -0.858. The monoisotopic (exact) mass is 296 g/mol. The van der Waals surface area contributed by atoms with Crippen LogP contribution in [-0.2, 0) is 4.79 Å². The molecular weight excluding hydrogens is 268 g/mol. The maximum absolute atomic E-state index is 12.8. The zero-order valence-electron chi connectivity index (χ0n) is 13.6. The lowest BCUT2D eigenvalue weighted by atomic mass is 9.85. The Kier molecular flexibility index (Phi) is 4.79. The van der Waals surface area contributed by atoms with Crippen LogP contribution in [0.3, 0.4) is 0 Å². The third-order valence-electron chi connectivity index (χ3n) is 5.47. The highest BCUT2D eigenvalue weighted by Crippen LogP contribution is 2.40. The lowest BCUT2D eigenvalue weighted by molar-refractivity contribution is -0.141. The summed E-state index contributed by atoms with van der Waals surface area (Å²) in [6.07, 6.45) is 4.88. The van der Waals surface area contributed by atoms with Crippen LogP contribution in [0.4, 0.5) is 4.79 Å². The SMILES string of the molecule is CC(C)C(C)N(C)C(=O)N1C(C(=O)O)CC2CCCCC21. The first-order valence-corrected chi connectivity index (χ1v) is 8.12.